The summed E-state index contributed by atoms with van der Waals surface area (Å²) in [5, 5.41) is 9.72. The van der Waals surface area contributed by atoms with Crippen LogP contribution >= 0.6 is 0 Å². The Morgan fingerprint density at radius 1 is 0.800 bits per heavy atom. The van der Waals surface area contributed by atoms with Crippen molar-refractivity contribution in [2.75, 3.05) is 0 Å². The molecule has 0 aliphatic carbocycles. The van der Waals surface area contributed by atoms with E-state index in [4.69, 9.17) is 0 Å². The first-order valence-corrected chi connectivity index (χ1v) is 6.16. The predicted molar refractivity (Wildman–Crippen MR) is 75.2 cm³/mol. The maximum Gasteiger partial charge on any atom is 0.349 e. The van der Waals surface area contributed by atoms with Gasteiger partial charge in [0, 0.05) is 0 Å². The smallest absolute Gasteiger partial charge is 0.349 e. The van der Waals surface area contributed by atoms with Gasteiger partial charge in [0.1, 0.15) is 5.52 Å². The summed E-state index contributed by atoms with van der Waals surface area (Å²) in [7, 11) is 0. The molecule has 20 heavy (non-hydrogen) atoms. The number of hydrogen-bond donors (Lipinski definition) is 1. The third kappa shape index (κ3) is 1.89. The predicted octanol–water partition coefficient (Wildman–Crippen LogP) is 1.45. The van der Waals surface area contributed by atoms with Crippen molar-refractivity contribution in [2.45, 2.75) is 6.54 Å². The van der Waals surface area contributed by atoms with Crippen molar-refractivity contribution in [1.82, 2.24) is 9.30 Å². The van der Waals surface area contributed by atoms with Crippen molar-refractivity contribution in [3.05, 3.63) is 80.9 Å². The van der Waals surface area contributed by atoms with Crippen molar-refractivity contribution in [3.8, 4) is 0 Å². The highest BCUT2D eigenvalue weighted by Crippen LogP contribution is 2.11. The molecule has 0 aliphatic heterocycles. The Labute approximate surface area is 113 Å². The van der Waals surface area contributed by atoms with Gasteiger partial charge in [-0.2, -0.15) is 0 Å². The Hall–Kier alpha value is -2.82. The summed E-state index contributed by atoms with van der Waals surface area (Å²) in [6, 6.07) is 16.1. The molecule has 0 unspecified atom stereocenters. The second kappa shape index (κ2) is 4.70. The number of rotatable bonds is 2. The fourth-order valence-electron chi connectivity index (χ4n) is 2.22. The molecule has 3 rings (SSSR count). The highest BCUT2D eigenvalue weighted by Gasteiger charge is 2.12. The lowest BCUT2D eigenvalue weighted by Gasteiger charge is -2.11. The van der Waals surface area contributed by atoms with Crippen LogP contribution in [0.25, 0.3) is 11.0 Å². The van der Waals surface area contributed by atoms with E-state index in [1.54, 1.807) is 24.3 Å². The quantitative estimate of drug-likeness (QED) is 0.565. The van der Waals surface area contributed by atoms with Gasteiger partial charge in [-0.3, -0.25) is 14.2 Å². The fraction of sp³-hybridized carbons (Fsp3) is 0.0667. The second-order valence-corrected chi connectivity index (χ2v) is 4.48. The summed E-state index contributed by atoms with van der Waals surface area (Å²) in [5.74, 6) is 0. The van der Waals surface area contributed by atoms with Crippen molar-refractivity contribution in [3.63, 3.8) is 0 Å². The molecule has 1 aromatic heterocycles. The number of hydrogen-bond acceptors (Lipinski definition) is 3. The van der Waals surface area contributed by atoms with Crippen molar-refractivity contribution >= 4 is 11.0 Å². The van der Waals surface area contributed by atoms with Gasteiger partial charge in [-0.05, 0) is 17.7 Å². The molecule has 0 aliphatic rings. The van der Waals surface area contributed by atoms with Crippen LogP contribution in [0, 0.1) is 0 Å². The highest BCUT2D eigenvalue weighted by molar-refractivity contribution is 5.74. The van der Waals surface area contributed by atoms with Crippen molar-refractivity contribution < 1.29 is 5.21 Å². The molecule has 100 valence electrons. The molecule has 0 spiro atoms. The van der Waals surface area contributed by atoms with E-state index in [0.717, 1.165) is 5.56 Å². The zero-order chi connectivity index (χ0) is 14.1. The molecule has 2 aromatic carbocycles. The van der Waals surface area contributed by atoms with Crippen LogP contribution in [-0.2, 0) is 6.54 Å². The van der Waals surface area contributed by atoms with E-state index in [1.165, 1.54) is 4.57 Å². The SMILES string of the molecule is O=c1c(=O)n(Cc2ccccc2)c2ccccc2n1O. The van der Waals surface area contributed by atoms with Gasteiger partial charge in [-0.15, -0.1) is 4.73 Å². The highest BCUT2D eigenvalue weighted by atomic mass is 16.5. The third-order valence-electron chi connectivity index (χ3n) is 3.20. The minimum absolute atomic E-state index is 0.288. The summed E-state index contributed by atoms with van der Waals surface area (Å²) in [6.45, 7) is 0.288. The van der Waals surface area contributed by atoms with Crippen LogP contribution in [0.3, 0.4) is 0 Å². The summed E-state index contributed by atoms with van der Waals surface area (Å²) in [4.78, 5) is 23.9. The normalized spacial score (nSPS) is 10.8. The molecule has 1 N–H and O–H groups in total. The molecule has 1 heterocycles. The van der Waals surface area contributed by atoms with E-state index in [2.05, 4.69) is 0 Å². The molecular weight excluding hydrogens is 256 g/mol. The van der Waals surface area contributed by atoms with Gasteiger partial charge >= 0.3 is 11.1 Å². The average molecular weight is 268 g/mol. The standard InChI is InChI=1S/C15H12N2O3/c18-14-15(19)17(20)13-9-5-4-8-12(13)16(14)10-11-6-2-1-3-7-11/h1-9,20H,10H2. The van der Waals surface area contributed by atoms with Gasteiger partial charge in [-0.25, -0.2) is 0 Å². The minimum atomic E-state index is -0.945. The maximum atomic E-state index is 12.1. The molecule has 0 fully saturated rings. The molecule has 0 atom stereocenters. The number of benzene rings is 2. The van der Waals surface area contributed by atoms with Gasteiger partial charge in [-0.1, -0.05) is 42.5 Å². The Bertz CT molecular complexity index is 879. The topological polar surface area (TPSA) is 64.2 Å². The summed E-state index contributed by atoms with van der Waals surface area (Å²) >= 11 is 0. The summed E-state index contributed by atoms with van der Waals surface area (Å²) in [5.41, 5.74) is 0.0565. The van der Waals surface area contributed by atoms with E-state index < -0.39 is 11.1 Å². The Balaban J connectivity index is 2.30. The average Bonchev–Trinajstić information content (AvgIpc) is 2.50. The van der Waals surface area contributed by atoms with Gasteiger partial charge in [0.2, 0.25) is 0 Å². The lowest BCUT2D eigenvalue weighted by atomic mass is 10.2. The molecule has 0 bridgehead atoms. The molecule has 0 amide bonds. The summed E-state index contributed by atoms with van der Waals surface area (Å²) in [6.07, 6.45) is 0. The van der Waals surface area contributed by atoms with E-state index in [1.807, 2.05) is 30.3 Å². The first-order valence-electron chi connectivity index (χ1n) is 6.16. The monoisotopic (exact) mass is 268 g/mol. The van der Waals surface area contributed by atoms with Crippen LogP contribution < -0.4 is 11.1 Å². The van der Waals surface area contributed by atoms with Crippen LogP contribution in [0.15, 0.2) is 64.2 Å². The zero-order valence-electron chi connectivity index (χ0n) is 10.6. The zero-order valence-corrected chi connectivity index (χ0v) is 10.6. The Kier molecular flexibility index (Phi) is 2.87. The first-order chi connectivity index (χ1) is 9.68. The number of aromatic nitrogens is 2. The van der Waals surface area contributed by atoms with Gasteiger partial charge in [0.25, 0.3) is 0 Å². The lowest BCUT2D eigenvalue weighted by Crippen LogP contribution is -2.41. The van der Waals surface area contributed by atoms with Gasteiger partial charge in [0.15, 0.2) is 0 Å². The molecule has 0 saturated carbocycles. The lowest BCUT2D eigenvalue weighted by molar-refractivity contribution is 0.185. The van der Waals surface area contributed by atoms with Crippen LogP contribution in [0.1, 0.15) is 5.56 Å². The third-order valence-corrected chi connectivity index (χ3v) is 3.20. The van der Waals surface area contributed by atoms with E-state index in [9.17, 15) is 14.8 Å². The Morgan fingerprint density at radius 2 is 1.40 bits per heavy atom. The Morgan fingerprint density at radius 3 is 2.10 bits per heavy atom. The largest absolute Gasteiger partial charge is 0.425 e. The maximum absolute atomic E-state index is 12.1. The minimum Gasteiger partial charge on any atom is -0.425 e. The fourth-order valence-corrected chi connectivity index (χ4v) is 2.22. The summed E-state index contributed by atoms with van der Waals surface area (Å²) < 4.78 is 1.78. The molecule has 3 aromatic rings. The molecular formula is C15H12N2O3. The molecule has 5 heteroatoms. The molecule has 5 nitrogen and oxygen atoms in total. The van der Waals surface area contributed by atoms with Gasteiger partial charge < -0.3 is 5.21 Å². The van der Waals surface area contributed by atoms with Crippen LogP contribution in [-0.4, -0.2) is 14.5 Å². The van der Waals surface area contributed by atoms with Crippen molar-refractivity contribution in [1.29, 1.82) is 0 Å². The number of para-hydroxylation sites is 2. The van der Waals surface area contributed by atoms with E-state index in [-0.39, 0.29) is 6.54 Å². The van der Waals surface area contributed by atoms with Gasteiger partial charge in [0.05, 0.1) is 12.1 Å². The van der Waals surface area contributed by atoms with Crippen LogP contribution in [0.2, 0.25) is 0 Å². The van der Waals surface area contributed by atoms with Crippen molar-refractivity contribution in [2.24, 2.45) is 0 Å². The van der Waals surface area contributed by atoms with Crippen LogP contribution in [0.4, 0.5) is 0 Å². The van der Waals surface area contributed by atoms with Crippen LogP contribution in [0.5, 0.6) is 0 Å². The van der Waals surface area contributed by atoms with E-state index in [0.29, 0.717) is 15.8 Å². The number of nitrogens with zero attached hydrogens (tertiary/aromatic N) is 2. The van der Waals surface area contributed by atoms with E-state index >= 15 is 0 Å². The molecule has 0 saturated heterocycles. The number of fused-ring (bicyclic) bond motifs is 1. The molecule has 0 radical (unpaired) electrons. The first kappa shape index (κ1) is 12.2. The second-order valence-electron chi connectivity index (χ2n) is 4.48.